The monoisotopic (exact) mass is 194 g/mol. The van der Waals surface area contributed by atoms with E-state index in [1.165, 1.54) is 30.4 Å². The van der Waals surface area contributed by atoms with E-state index in [0.29, 0.717) is 0 Å². The Balaban J connectivity index is 1.92. The minimum Gasteiger partial charge on any atom is -0.0726 e. The molecular formula is C15H14. The van der Waals surface area contributed by atoms with Crippen LogP contribution < -0.4 is 0 Å². The zero-order chi connectivity index (χ0) is 9.83. The van der Waals surface area contributed by atoms with Gasteiger partial charge >= 0.3 is 0 Å². The molecule has 0 saturated heterocycles. The Hall–Kier alpha value is -1.30. The quantitative estimate of drug-likeness (QED) is 0.587. The number of rotatable bonds is 0. The Bertz CT molecular complexity index is 491. The van der Waals surface area contributed by atoms with E-state index in [1.54, 1.807) is 11.1 Å². The van der Waals surface area contributed by atoms with Crippen LogP contribution in [0.5, 0.6) is 0 Å². The molecule has 1 aromatic rings. The van der Waals surface area contributed by atoms with E-state index in [9.17, 15) is 0 Å². The number of allylic oxidation sites excluding steroid dienone is 3. The summed E-state index contributed by atoms with van der Waals surface area (Å²) in [5, 5.41) is 0. The predicted octanol–water partition coefficient (Wildman–Crippen LogP) is 3.90. The van der Waals surface area contributed by atoms with Crippen molar-refractivity contribution in [2.75, 3.05) is 0 Å². The molecule has 1 saturated carbocycles. The lowest BCUT2D eigenvalue weighted by Crippen LogP contribution is -1.99. The second kappa shape index (κ2) is 2.63. The van der Waals surface area contributed by atoms with Crippen molar-refractivity contribution in [1.29, 1.82) is 0 Å². The standard InChI is InChI=1S/C15H14/c1-2-6-12-10(4-1)8-15-13-7-3-5-11(13)9-14(12)15/h1-2,4,6,8-9,11,13H,3,5,7H2/t11-,13-/m1/s1. The minimum absolute atomic E-state index is 0.854. The Labute approximate surface area is 90.3 Å². The van der Waals surface area contributed by atoms with Gasteiger partial charge in [-0.1, -0.05) is 42.8 Å². The molecule has 0 amide bonds. The van der Waals surface area contributed by atoms with Gasteiger partial charge in [0, 0.05) is 0 Å². The molecule has 0 spiro atoms. The summed E-state index contributed by atoms with van der Waals surface area (Å²) < 4.78 is 0. The SMILES string of the molecule is C1=C2C(=Cc3ccccc32)[C@@H]2CCC[C@H]12. The number of hydrogen-bond donors (Lipinski definition) is 0. The summed E-state index contributed by atoms with van der Waals surface area (Å²) in [6, 6.07) is 8.81. The van der Waals surface area contributed by atoms with Crippen LogP contribution in [0.2, 0.25) is 0 Å². The van der Waals surface area contributed by atoms with Crippen molar-refractivity contribution in [3.63, 3.8) is 0 Å². The van der Waals surface area contributed by atoms with E-state index in [1.807, 2.05) is 0 Å². The molecule has 2 atom stereocenters. The number of fused-ring (bicyclic) bond motifs is 5. The second-order valence-corrected chi connectivity index (χ2v) is 4.97. The topological polar surface area (TPSA) is 0 Å². The van der Waals surface area contributed by atoms with Crippen LogP contribution in [0.25, 0.3) is 11.6 Å². The van der Waals surface area contributed by atoms with Gasteiger partial charge in [0.05, 0.1) is 0 Å². The maximum atomic E-state index is 2.54. The Morgan fingerprint density at radius 1 is 1.07 bits per heavy atom. The maximum Gasteiger partial charge on any atom is -0.00924 e. The fourth-order valence-electron chi connectivity index (χ4n) is 3.55. The largest absolute Gasteiger partial charge is 0.0726 e. The molecule has 3 aliphatic rings. The van der Waals surface area contributed by atoms with Gasteiger partial charge in [0.2, 0.25) is 0 Å². The highest BCUT2D eigenvalue weighted by atomic mass is 14.4. The molecule has 4 rings (SSSR count). The molecule has 0 heteroatoms. The third-order valence-electron chi connectivity index (χ3n) is 4.22. The van der Waals surface area contributed by atoms with Gasteiger partial charge in [-0.05, 0) is 47.0 Å². The predicted molar refractivity (Wildman–Crippen MR) is 63.2 cm³/mol. The van der Waals surface area contributed by atoms with Crippen LogP contribution in [-0.2, 0) is 0 Å². The van der Waals surface area contributed by atoms with Crippen molar-refractivity contribution in [3.8, 4) is 0 Å². The van der Waals surface area contributed by atoms with E-state index in [-0.39, 0.29) is 0 Å². The smallest absolute Gasteiger partial charge is 0.00924 e. The van der Waals surface area contributed by atoms with Gasteiger partial charge in [0.25, 0.3) is 0 Å². The molecular weight excluding hydrogens is 180 g/mol. The maximum absolute atomic E-state index is 2.54. The van der Waals surface area contributed by atoms with E-state index in [2.05, 4.69) is 36.4 Å². The Morgan fingerprint density at radius 2 is 2.00 bits per heavy atom. The average Bonchev–Trinajstić information content (AvgIpc) is 2.87. The summed E-state index contributed by atoms with van der Waals surface area (Å²) in [6.45, 7) is 0. The van der Waals surface area contributed by atoms with Crippen LogP contribution in [0, 0.1) is 11.8 Å². The summed E-state index contributed by atoms with van der Waals surface area (Å²) in [7, 11) is 0. The molecule has 0 aromatic heterocycles. The van der Waals surface area contributed by atoms with Crippen molar-refractivity contribution in [3.05, 3.63) is 47.0 Å². The van der Waals surface area contributed by atoms with Crippen molar-refractivity contribution in [1.82, 2.24) is 0 Å². The normalized spacial score (nSPS) is 30.7. The van der Waals surface area contributed by atoms with Gasteiger partial charge in [-0.25, -0.2) is 0 Å². The van der Waals surface area contributed by atoms with Crippen LogP contribution >= 0.6 is 0 Å². The average molecular weight is 194 g/mol. The lowest BCUT2D eigenvalue weighted by atomic mass is 9.95. The minimum atomic E-state index is 0.854. The first kappa shape index (κ1) is 7.92. The van der Waals surface area contributed by atoms with E-state index in [0.717, 1.165) is 11.8 Å². The first-order valence-corrected chi connectivity index (χ1v) is 5.97. The van der Waals surface area contributed by atoms with Gasteiger partial charge in [-0.15, -0.1) is 0 Å². The van der Waals surface area contributed by atoms with E-state index < -0.39 is 0 Å². The fourth-order valence-corrected chi connectivity index (χ4v) is 3.55. The molecule has 0 heterocycles. The molecule has 3 aliphatic carbocycles. The molecule has 0 nitrogen and oxygen atoms in total. The number of benzene rings is 1. The highest BCUT2D eigenvalue weighted by Gasteiger charge is 2.38. The number of hydrogen-bond acceptors (Lipinski definition) is 0. The van der Waals surface area contributed by atoms with Crippen LogP contribution in [0.15, 0.2) is 35.9 Å². The third-order valence-corrected chi connectivity index (χ3v) is 4.22. The van der Waals surface area contributed by atoms with E-state index >= 15 is 0 Å². The summed E-state index contributed by atoms with van der Waals surface area (Å²) in [4.78, 5) is 0. The zero-order valence-corrected chi connectivity index (χ0v) is 8.74. The van der Waals surface area contributed by atoms with E-state index in [4.69, 9.17) is 0 Å². The van der Waals surface area contributed by atoms with Crippen molar-refractivity contribution in [2.45, 2.75) is 19.3 Å². The molecule has 1 aromatic carbocycles. The molecule has 15 heavy (non-hydrogen) atoms. The highest BCUT2D eigenvalue weighted by molar-refractivity contribution is 5.96. The van der Waals surface area contributed by atoms with Crippen LogP contribution in [0.1, 0.15) is 30.4 Å². The summed E-state index contributed by atoms with van der Waals surface area (Å²) in [6.07, 6.45) is 9.21. The lowest BCUT2D eigenvalue weighted by molar-refractivity contribution is 0.567. The first-order valence-electron chi connectivity index (χ1n) is 5.97. The van der Waals surface area contributed by atoms with Crippen molar-refractivity contribution >= 4 is 11.6 Å². The lowest BCUT2D eigenvalue weighted by Gasteiger charge is -2.09. The zero-order valence-electron chi connectivity index (χ0n) is 8.74. The summed E-state index contributed by atoms with van der Waals surface area (Å²) >= 11 is 0. The van der Waals surface area contributed by atoms with Gasteiger partial charge in [0.1, 0.15) is 0 Å². The van der Waals surface area contributed by atoms with Gasteiger partial charge in [-0.2, -0.15) is 0 Å². The van der Waals surface area contributed by atoms with Gasteiger partial charge in [-0.3, -0.25) is 0 Å². The van der Waals surface area contributed by atoms with Crippen molar-refractivity contribution in [2.24, 2.45) is 11.8 Å². The molecule has 0 bridgehead atoms. The molecule has 0 radical (unpaired) electrons. The Morgan fingerprint density at radius 3 is 3.00 bits per heavy atom. The van der Waals surface area contributed by atoms with Crippen LogP contribution in [0.4, 0.5) is 0 Å². The fraction of sp³-hybridized carbons (Fsp3) is 0.333. The van der Waals surface area contributed by atoms with Gasteiger partial charge < -0.3 is 0 Å². The molecule has 0 N–H and O–H groups in total. The van der Waals surface area contributed by atoms with Gasteiger partial charge in [0.15, 0.2) is 0 Å². The molecule has 1 fully saturated rings. The molecule has 0 unspecified atom stereocenters. The van der Waals surface area contributed by atoms with Crippen LogP contribution in [-0.4, -0.2) is 0 Å². The van der Waals surface area contributed by atoms with Crippen LogP contribution in [0.3, 0.4) is 0 Å². The third kappa shape index (κ3) is 0.923. The second-order valence-electron chi connectivity index (χ2n) is 4.97. The molecule has 74 valence electrons. The summed E-state index contributed by atoms with van der Waals surface area (Å²) in [5.74, 6) is 1.71. The highest BCUT2D eigenvalue weighted by Crippen LogP contribution is 2.53. The van der Waals surface area contributed by atoms with Crippen molar-refractivity contribution < 1.29 is 0 Å². The first-order chi connectivity index (χ1) is 7.43. The molecule has 0 aliphatic heterocycles. The Kier molecular flexibility index (Phi) is 1.39. The summed E-state index contributed by atoms with van der Waals surface area (Å²) in [5.41, 5.74) is 6.10.